The van der Waals surface area contributed by atoms with Gasteiger partial charge in [0, 0.05) is 25.6 Å². The summed E-state index contributed by atoms with van der Waals surface area (Å²) in [6.07, 6.45) is -2.98. The van der Waals surface area contributed by atoms with Crippen molar-refractivity contribution >= 4 is 5.91 Å². The number of aliphatic hydroxyl groups is 1. The summed E-state index contributed by atoms with van der Waals surface area (Å²) >= 11 is 0. The molecule has 1 rings (SSSR count). The number of alkyl halides is 3. The third-order valence-corrected chi connectivity index (χ3v) is 3.83. The Balaban J connectivity index is 2.47. The zero-order valence-corrected chi connectivity index (χ0v) is 12.8. The molecule has 0 aromatic heterocycles. The molecule has 21 heavy (non-hydrogen) atoms. The Morgan fingerprint density at radius 3 is 2.57 bits per heavy atom. The average Bonchev–Trinajstić information content (AvgIpc) is 2.34. The van der Waals surface area contributed by atoms with Crippen LogP contribution in [0.2, 0.25) is 0 Å². The van der Waals surface area contributed by atoms with Crippen LogP contribution in [0.4, 0.5) is 13.2 Å². The van der Waals surface area contributed by atoms with Gasteiger partial charge < -0.3 is 10.4 Å². The lowest BCUT2D eigenvalue weighted by Crippen LogP contribution is -2.54. The van der Waals surface area contributed by atoms with E-state index in [4.69, 9.17) is 0 Å². The van der Waals surface area contributed by atoms with Gasteiger partial charge in [-0.25, -0.2) is 0 Å². The second-order valence-corrected chi connectivity index (χ2v) is 6.41. The van der Waals surface area contributed by atoms with Gasteiger partial charge in [0.2, 0.25) is 5.91 Å². The van der Waals surface area contributed by atoms with Crippen molar-refractivity contribution in [2.45, 2.75) is 45.4 Å². The van der Waals surface area contributed by atoms with E-state index in [0.29, 0.717) is 19.6 Å². The van der Waals surface area contributed by atoms with Crippen molar-refractivity contribution in [3.8, 4) is 0 Å². The highest BCUT2D eigenvalue weighted by molar-refractivity contribution is 5.77. The number of likely N-dealkylation sites (tertiary alicyclic amines) is 1. The maximum atomic E-state index is 12.7. The van der Waals surface area contributed by atoms with Crippen molar-refractivity contribution in [3.05, 3.63) is 0 Å². The number of carbonyl (C=O) groups excluding carboxylic acids is 1. The van der Waals surface area contributed by atoms with E-state index in [1.807, 2.05) is 0 Å². The fraction of sp³-hybridized carbons (Fsp3) is 0.929. The predicted molar refractivity (Wildman–Crippen MR) is 73.7 cm³/mol. The summed E-state index contributed by atoms with van der Waals surface area (Å²) in [6, 6.07) is 0. The van der Waals surface area contributed by atoms with Gasteiger partial charge in [0.15, 0.2) is 5.60 Å². The summed E-state index contributed by atoms with van der Waals surface area (Å²) in [5, 5.41) is 12.4. The number of β-amino-alcohol motifs (C(OH)–C–C–N with tert-alkyl or cyclic N) is 1. The lowest BCUT2D eigenvalue weighted by atomic mass is 9.95. The van der Waals surface area contributed by atoms with E-state index in [0.717, 1.165) is 19.8 Å². The molecule has 1 saturated heterocycles. The zero-order chi connectivity index (χ0) is 16.3. The Kier molecular flexibility index (Phi) is 6.04. The number of hydrogen-bond donors (Lipinski definition) is 2. The zero-order valence-electron chi connectivity index (χ0n) is 12.8. The fourth-order valence-corrected chi connectivity index (χ4v) is 2.44. The lowest BCUT2D eigenvalue weighted by molar-refractivity contribution is -0.258. The van der Waals surface area contributed by atoms with E-state index in [9.17, 15) is 23.1 Å². The maximum absolute atomic E-state index is 12.7. The molecule has 0 saturated carbocycles. The smallest absolute Gasteiger partial charge is 0.380 e. The van der Waals surface area contributed by atoms with Gasteiger partial charge in [-0.15, -0.1) is 0 Å². The quantitative estimate of drug-likeness (QED) is 0.814. The molecule has 0 bridgehead atoms. The van der Waals surface area contributed by atoms with Gasteiger partial charge in [-0.1, -0.05) is 13.8 Å². The van der Waals surface area contributed by atoms with Crippen LogP contribution in [-0.4, -0.2) is 53.9 Å². The summed E-state index contributed by atoms with van der Waals surface area (Å²) in [5.41, 5.74) is -2.70. The highest BCUT2D eigenvalue weighted by Crippen LogP contribution is 2.31. The number of nitrogens with one attached hydrogen (secondary N) is 1. The first-order valence-electron chi connectivity index (χ1n) is 7.32. The standard InChI is InChI=1S/C14H25F3N2O2/c1-10(2)12(20)18-7-11-5-4-6-19(8-11)9-13(3,21)14(15,16)17/h10-11,21H,4-9H2,1-3H3,(H,18,20). The van der Waals surface area contributed by atoms with E-state index in [1.165, 1.54) is 0 Å². The molecule has 0 aliphatic carbocycles. The molecule has 1 heterocycles. The minimum absolute atomic E-state index is 0.0468. The number of halogens is 3. The van der Waals surface area contributed by atoms with Crippen LogP contribution in [0.5, 0.6) is 0 Å². The van der Waals surface area contributed by atoms with Gasteiger partial charge in [-0.3, -0.25) is 9.69 Å². The molecule has 0 aromatic rings. The molecule has 2 N–H and O–H groups in total. The molecule has 2 atom stereocenters. The number of nitrogens with zero attached hydrogens (tertiary/aromatic N) is 1. The second kappa shape index (κ2) is 6.96. The van der Waals surface area contributed by atoms with E-state index in [2.05, 4.69) is 5.32 Å². The second-order valence-electron chi connectivity index (χ2n) is 6.41. The Bertz CT molecular complexity index is 357. The van der Waals surface area contributed by atoms with Crippen LogP contribution in [0.25, 0.3) is 0 Å². The molecular formula is C14H25F3N2O2. The topological polar surface area (TPSA) is 52.6 Å². The molecule has 0 spiro atoms. The van der Waals surface area contributed by atoms with Gasteiger partial charge in [-0.2, -0.15) is 13.2 Å². The summed E-state index contributed by atoms with van der Waals surface area (Å²) in [4.78, 5) is 13.1. The first kappa shape index (κ1) is 18.2. The highest BCUT2D eigenvalue weighted by atomic mass is 19.4. The van der Waals surface area contributed by atoms with Gasteiger partial charge in [0.05, 0.1) is 0 Å². The Labute approximate surface area is 123 Å². The molecule has 124 valence electrons. The minimum Gasteiger partial charge on any atom is -0.380 e. The van der Waals surface area contributed by atoms with Crippen LogP contribution in [0.3, 0.4) is 0 Å². The molecule has 1 aliphatic heterocycles. The summed E-state index contributed by atoms with van der Waals surface area (Å²) < 4.78 is 38.1. The van der Waals surface area contributed by atoms with Crippen LogP contribution in [0, 0.1) is 11.8 Å². The number of rotatable bonds is 5. The van der Waals surface area contributed by atoms with Crippen molar-refractivity contribution in [2.24, 2.45) is 11.8 Å². The van der Waals surface area contributed by atoms with E-state index in [-0.39, 0.29) is 17.7 Å². The summed E-state index contributed by atoms with van der Waals surface area (Å²) in [6.45, 7) is 5.45. The van der Waals surface area contributed by atoms with E-state index < -0.39 is 18.3 Å². The molecular weight excluding hydrogens is 285 g/mol. The summed E-state index contributed by atoms with van der Waals surface area (Å²) in [5.74, 6) is -0.0180. The van der Waals surface area contributed by atoms with Gasteiger partial charge >= 0.3 is 6.18 Å². The third kappa shape index (κ3) is 5.47. The highest BCUT2D eigenvalue weighted by Gasteiger charge is 2.50. The fourth-order valence-electron chi connectivity index (χ4n) is 2.44. The Hall–Kier alpha value is -0.820. The number of carbonyl (C=O) groups is 1. The number of piperidine rings is 1. The Morgan fingerprint density at radius 1 is 1.43 bits per heavy atom. The monoisotopic (exact) mass is 310 g/mol. The molecule has 1 fully saturated rings. The average molecular weight is 310 g/mol. The molecule has 0 radical (unpaired) electrons. The number of amides is 1. The molecule has 2 unspecified atom stereocenters. The minimum atomic E-state index is -4.63. The lowest BCUT2D eigenvalue weighted by Gasteiger charge is -2.38. The van der Waals surface area contributed by atoms with Crippen LogP contribution in [-0.2, 0) is 4.79 Å². The van der Waals surface area contributed by atoms with Crippen molar-refractivity contribution in [2.75, 3.05) is 26.2 Å². The van der Waals surface area contributed by atoms with E-state index in [1.54, 1.807) is 18.7 Å². The molecule has 0 aromatic carbocycles. The van der Waals surface area contributed by atoms with Crippen molar-refractivity contribution in [3.63, 3.8) is 0 Å². The molecule has 1 amide bonds. The van der Waals surface area contributed by atoms with Crippen LogP contribution in [0.15, 0.2) is 0 Å². The maximum Gasteiger partial charge on any atom is 0.418 e. The van der Waals surface area contributed by atoms with Gasteiger partial charge in [-0.05, 0) is 32.2 Å². The first-order valence-corrected chi connectivity index (χ1v) is 7.32. The largest absolute Gasteiger partial charge is 0.418 e. The van der Waals surface area contributed by atoms with Crippen LogP contribution in [0.1, 0.15) is 33.6 Å². The molecule has 7 heteroatoms. The third-order valence-electron chi connectivity index (χ3n) is 3.83. The van der Waals surface area contributed by atoms with Crippen molar-refractivity contribution < 1.29 is 23.1 Å². The predicted octanol–water partition coefficient (Wildman–Crippen LogP) is 1.78. The van der Waals surface area contributed by atoms with E-state index >= 15 is 0 Å². The van der Waals surface area contributed by atoms with Crippen molar-refractivity contribution in [1.82, 2.24) is 10.2 Å². The van der Waals surface area contributed by atoms with Crippen LogP contribution < -0.4 is 5.32 Å². The van der Waals surface area contributed by atoms with Crippen molar-refractivity contribution in [1.29, 1.82) is 0 Å². The SMILES string of the molecule is CC(C)C(=O)NCC1CCCN(CC(C)(O)C(F)(F)F)C1. The normalized spacial score (nSPS) is 23.9. The van der Waals surface area contributed by atoms with Crippen LogP contribution >= 0.6 is 0 Å². The van der Waals surface area contributed by atoms with Gasteiger partial charge in [0.25, 0.3) is 0 Å². The molecule has 1 aliphatic rings. The number of hydrogen-bond acceptors (Lipinski definition) is 3. The molecule has 4 nitrogen and oxygen atoms in total. The van der Waals surface area contributed by atoms with Gasteiger partial charge in [0.1, 0.15) is 0 Å². The summed E-state index contributed by atoms with van der Waals surface area (Å²) in [7, 11) is 0. The Morgan fingerprint density at radius 2 is 2.05 bits per heavy atom. The first-order chi connectivity index (χ1) is 9.53.